The highest BCUT2D eigenvalue weighted by molar-refractivity contribution is 5.15. The van der Waals surface area contributed by atoms with E-state index in [-0.39, 0.29) is 5.54 Å². The van der Waals surface area contributed by atoms with Crippen molar-refractivity contribution in [1.29, 1.82) is 0 Å². The molecule has 0 fully saturated rings. The molecular formula is C12H23NO2. The van der Waals surface area contributed by atoms with Crippen LogP contribution in [0, 0.1) is 0 Å². The summed E-state index contributed by atoms with van der Waals surface area (Å²) in [5.74, 6) is 0. The van der Waals surface area contributed by atoms with E-state index in [9.17, 15) is 5.11 Å². The average molecular weight is 213 g/mol. The van der Waals surface area contributed by atoms with Gasteiger partial charge < -0.3 is 15.2 Å². The molecule has 0 bridgehead atoms. The van der Waals surface area contributed by atoms with Crippen molar-refractivity contribution in [3.63, 3.8) is 0 Å². The van der Waals surface area contributed by atoms with Gasteiger partial charge in [0.05, 0.1) is 18.5 Å². The normalized spacial score (nSPS) is 21.5. The third-order valence-electron chi connectivity index (χ3n) is 2.59. The fourth-order valence-corrected chi connectivity index (χ4v) is 1.51. The first kappa shape index (κ1) is 12.5. The highest BCUT2D eigenvalue weighted by Crippen LogP contribution is 2.24. The molecule has 0 spiro atoms. The molecule has 3 nitrogen and oxygen atoms in total. The molecule has 1 aliphatic rings. The zero-order valence-corrected chi connectivity index (χ0v) is 10.3. The molecule has 3 heteroatoms. The summed E-state index contributed by atoms with van der Waals surface area (Å²) >= 11 is 0. The molecule has 1 aliphatic heterocycles. The number of nitrogens with one attached hydrogen (secondary N) is 1. The van der Waals surface area contributed by atoms with Crippen molar-refractivity contribution in [3.8, 4) is 0 Å². The van der Waals surface area contributed by atoms with Crippen LogP contribution in [0.3, 0.4) is 0 Å². The minimum atomic E-state index is -0.798. The van der Waals surface area contributed by atoms with Gasteiger partial charge in [0.1, 0.15) is 0 Å². The van der Waals surface area contributed by atoms with Crippen molar-refractivity contribution >= 4 is 0 Å². The summed E-state index contributed by atoms with van der Waals surface area (Å²) in [5, 5.41) is 13.6. The molecular weight excluding hydrogens is 190 g/mol. The highest BCUT2D eigenvalue weighted by atomic mass is 16.5. The fraction of sp³-hybridized carbons (Fsp3) is 0.833. The second-order valence-corrected chi connectivity index (χ2v) is 5.49. The van der Waals surface area contributed by atoms with Gasteiger partial charge >= 0.3 is 0 Å². The predicted octanol–water partition coefficient (Wildman–Crippen LogP) is 1.82. The Balaban J connectivity index is 2.54. The summed E-state index contributed by atoms with van der Waals surface area (Å²) in [6, 6.07) is 0. The van der Waals surface area contributed by atoms with Crippen molar-refractivity contribution < 1.29 is 9.84 Å². The fourth-order valence-electron chi connectivity index (χ4n) is 1.51. The number of aliphatic hydroxyl groups is 1. The van der Waals surface area contributed by atoms with Crippen LogP contribution in [-0.2, 0) is 4.74 Å². The molecule has 1 unspecified atom stereocenters. The van der Waals surface area contributed by atoms with Gasteiger partial charge in [-0.05, 0) is 46.1 Å². The van der Waals surface area contributed by atoms with Crippen LogP contribution in [-0.4, -0.2) is 29.4 Å². The second-order valence-electron chi connectivity index (χ2n) is 5.49. The summed E-state index contributed by atoms with van der Waals surface area (Å²) < 4.78 is 5.25. The molecule has 2 N–H and O–H groups in total. The molecule has 0 radical (unpaired) electrons. The van der Waals surface area contributed by atoms with Crippen LogP contribution >= 0.6 is 0 Å². The van der Waals surface area contributed by atoms with Gasteiger partial charge in [-0.15, -0.1) is 0 Å². The number of hydrogen-bond acceptors (Lipinski definition) is 3. The van der Waals surface area contributed by atoms with E-state index in [1.54, 1.807) is 6.26 Å². The number of hydrogen-bond donors (Lipinski definition) is 2. The molecule has 1 rings (SSSR count). The Hall–Kier alpha value is -0.540. The van der Waals surface area contributed by atoms with Crippen LogP contribution in [0.25, 0.3) is 0 Å². The van der Waals surface area contributed by atoms with E-state index in [1.165, 1.54) is 0 Å². The standard InChI is InChI=1S/C12H23NO2/c1-11(2,3)13-9-12(4,14)10-6-5-7-15-8-10/h8,13-14H,5-7,9H2,1-4H3. The molecule has 0 aromatic rings. The quantitative estimate of drug-likeness (QED) is 0.751. The minimum absolute atomic E-state index is 0.0279. The molecule has 0 aliphatic carbocycles. The Morgan fingerprint density at radius 3 is 2.53 bits per heavy atom. The molecule has 1 atom stereocenters. The van der Waals surface area contributed by atoms with Gasteiger partial charge in [0.2, 0.25) is 0 Å². The first-order valence-corrected chi connectivity index (χ1v) is 5.60. The van der Waals surface area contributed by atoms with Crippen molar-refractivity contribution in [1.82, 2.24) is 5.32 Å². The van der Waals surface area contributed by atoms with E-state index >= 15 is 0 Å². The monoisotopic (exact) mass is 213 g/mol. The Kier molecular flexibility index (Phi) is 3.79. The lowest BCUT2D eigenvalue weighted by Crippen LogP contribution is -2.47. The van der Waals surface area contributed by atoms with Crippen LogP contribution in [0.15, 0.2) is 11.8 Å². The predicted molar refractivity (Wildman–Crippen MR) is 61.6 cm³/mol. The van der Waals surface area contributed by atoms with Crippen molar-refractivity contribution in [2.75, 3.05) is 13.2 Å². The van der Waals surface area contributed by atoms with E-state index in [1.807, 2.05) is 6.92 Å². The Bertz CT molecular complexity index is 238. The lowest BCUT2D eigenvalue weighted by Gasteiger charge is -2.32. The topological polar surface area (TPSA) is 41.5 Å². The lowest BCUT2D eigenvalue weighted by atomic mass is 9.91. The maximum absolute atomic E-state index is 10.3. The third kappa shape index (κ3) is 4.22. The van der Waals surface area contributed by atoms with Gasteiger partial charge in [0.25, 0.3) is 0 Å². The Morgan fingerprint density at radius 2 is 2.07 bits per heavy atom. The Morgan fingerprint density at radius 1 is 1.40 bits per heavy atom. The minimum Gasteiger partial charge on any atom is -0.501 e. The third-order valence-corrected chi connectivity index (χ3v) is 2.59. The summed E-state index contributed by atoms with van der Waals surface area (Å²) in [5.41, 5.74) is 0.221. The molecule has 0 saturated carbocycles. The number of ether oxygens (including phenoxy) is 1. The van der Waals surface area contributed by atoms with E-state index in [4.69, 9.17) is 4.74 Å². The summed E-state index contributed by atoms with van der Waals surface area (Å²) in [6.45, 7) is 9.45. The van der Waals surface area contributed by atoms with E-state index in [0.717, 1.165) is 25.0 Å². The zero-order valence-electron chi connectivity index (χ0n) is 10.3. The summed E-state index contributed by atoms with van der Waals surface area (Å²) in [6.07, 6.45) is 3.64. The largest absolute Gasteiger partial charge is 0.501 e. The van der Waals surface area contributed by atoms with Crippen LogP contribution in [0.2, 0.25) is 0 Å². The molecule has 15 heavy (non-hydrogen) atoms. The van der Waals surface area contributed by atoms with Crippen molar-refractivity contribution in [2.24, 2.45) is 0 Å². The smallest absolute Gasteiger partial charge is 0.0985 e. The molecule has 88 valence electrons. The highest BCUT2D eigenvalue weighted by Gasteiger charge is 2.28. The van der Waals surface area contributed by atoms with Crippen molar-refractivity contribution in [2.45, 2.75) is 51.7 Å². The SMILES string of the molecule is CC(C)(C)NCC(C)(O)C1=COCCC1. The summed E-state index contributed by atoms with van der Waals surface area (Å²) in [4.78, 5) is 0. The van der Waals surface area contributed by atoms with Crippen molar-refractivity contribution in [3.05, 3.63) is 11.8 Å². The molecule has 0 aromatic carbocycles. The van der Waals surface area contributed by atoms with Gasteiger partial charge in [-0.25, -0.2) is 0 Å². The van der Waals surface area contributed by atoms with Gasteiger partial charge in [-0.3, -0.25) is 0 Å². The zero-order chi connectivity index (χ0) is 11.5. The number of β-amino-alcohol motifs (C(OH)–C–C–N with tert-alkyl or cyclic N) is 1. The maximum Gasteiger partial charge on any atom is 0.0985 e. The van der Waals surface area contributed by atoms with Crippen LogP contribution < -0.4 is 5.32 Å². The van der Waals surface area contributed by atoms with E-state index in [0.29, 0.717) is 6.54 Å². The van der Waals surface area contributed by atoms with Crippen LogP contribution in [0.4, 0.5) is 0 Å². The maximum atomic E-state index is 10.3. The van der Waals surface area contributed by atoms with Gasteiger partial charge in [0.15, 0.2) is 0 Å². The van der Waals surface area contributed by atoms with E-state index in [2.05, 4.69) is 26.1 Å². The second kappa shape index (κ2) is 4.54. The molecule has 0 amide bonds. The van der Waals surface area contributed by atoms with E-state index < -0.39 is 5.60 Å². The molecule has 0 saturated heterocycles. The average Bonchev–Trinajstić information content (AvgIpc) is 2.16. The van der Waals surface area contributed by atoms with Crippen LogP contribution in [0.5, 0.6) is 0 Å². The first-order valence-electron chi connectivity index (χ1n) is 5.60. The van der Waals surface area contributed by atoms with Gasteiger partial charge in [0, 0.05) is 12.1 Å². The van der Waals surface area contributed by atoms with Crippen LogP contribution in [0.1, 0.15) is 40.5 Å². The Labute approximate surface area is 92.5 Å². The summed E-state index contributed by atoms with van der Waals surface area (Å²) in [7, 11) is 0. The van der Waals surface area contributed by atoms with Gasteiger partial charge in [-0.2, -0.15) is 0 Å². The molecule has 0 aromatic heterocycles. The molecule has 1 heterocycles. The van der Waals surface area contributed by atoms with Gasteiger partial charge in [-0.1, -0.05) is 0 Å². The number of rotatable bonds is 3. The lowest BCUT2D eigenvalue weighted by molar-refractivity contribution is 0.0731. The first-order chi connectivity index (χ1) is 6.81.